The fourth-order valence-corrected chi connectivity index (χ4v) is 3.14. The lowest BCUT2D eigenvalue weighted by atomic mass is 9.78. The van der Waals surface area contributed by atoms with Crippen LogP contribution < -0.4 is 5.32 Å². The quantitative estimate of drug-likeness (QED) is 0.196. The predicted molar refractivity (Wildman–Crippen MR) is 110 cm³/mol. The van der Waals surface area contributed by atoms with Gasteiger partial charge in [0.2, 0.25) is 5.91 Å². The van der Waals surface area contributed by atoms with E-state index in [1.165, 1.54) is 6.08 Å². The molecule has 0 spiro atoms. The number of hydrogen-bond donors (Lipinski definition) is 3. The van der Waals surface area contributed by atoms with Gasteiger partial charge in [-0.15, -0.1) is 0 Å². The van der Waals surface area contributed by atoms with Gasteiger partial charge in [-0.2, -0.15) is 0 Å². The third-order valence-corrected chi connectivity index (χ3v) is 4.96. The molecule has 9 heteroatoms. The van der Waals surface area contributed by atoms with Crippen LogP contribution in [-0.4, -0.2) is 66.3 Å². The summed E-state index contributed by atoms with van der Waals surface area (Å²) in [6.07, 6.45) is 6.85. The van der Waals surface area contributed by atoms with Gasteiger partial charge in [-0.25, -0.2) is 4.79 Å². The van der Waals surface area contributed by atoms with Crippen molar-refractivity contribution in [2.75, 3.05) is 26.2 Å². The molecule has 0 bridgehead atoms. The minimum Gasteiger partial charge on any atom is -0.535 e. The van der Waals surface area contributed by atoms with Crippen molar-refractivity contribution in [1.29, 1.82) is 0 Å². The topological polar surface area (TPSA) is 108 Å². The summed E-state index contributed by atoms with van der Waals surface area (Å²) in [6, 6.07) is 0. The monoisotopic (exact) mass is 406 g/mol. The first kappa shape index (κ1) is 23.0. The van der Waals surface area contributed by atoms with Gasteiger partial charge in [0, 0.05) is 6.42 Å². The number of carbonyl (C=O) groups is 2. The lowest BCUT2D eigenvalue weighted by Crippen LogP contribution is -2.54. The van der Waals surface area contributed by atoms with Crippen LogP contribution in [-0.2, 0) is 19.0 Å². The number of allylic oxidation sites excluding steroid dienone is 2. The van der Waals surface area contributed by atoms with Crippen molar-refractivity contribution in [1.82, 2.24) is 10.2 Å². The maximum atomic E-state index is 12.1. The predicted octanol–water partition coefficient (Wildman–Crippen LogP) is 1.69. The number of ether oxygens (including phenoxy) is 1. The van der Waals surface area contributed by atoms with Crippen LogP contribution in [0.15, 0.2) is 35.8 Å². The fraction of sp³-hybridized carbons (Fsp3) is 0.600. The molecule has 1 fully saturated rings. The Morgan fingerprint density at radius 1 is 1.38 bits per heavy atom. The number of unbranched alkanes of at least 4 members (excludes halogenated alkanes) is 1. The fourth-order valence-electron chi connectivity index (χ4n) is 3.14. The number of aliphatic carboxylic acids is 1. The summed E-state index contributed by atoms with van der Waals surface area (Å²) in [5.41, 5.74) is 0.451. The molecule has 0 aromatic rings. The molecular formula is C20H31BN2O6. The molecule has 1 saturated heterocycles. The van der Waals surface area contributed by atoms with Crippen LogP contribution in [0.3, 0.4) is 0 Å². The van der Waals surface area contributed by atoms with Gasteiger partial charge in [0.1, 0.15) is 23.7 Å². The summed E-state index contributed by atoms with van der Waals surface area (Å²) in [7, 11) is -1.05. The van der Waals surface area contributed by atoms with Crippen LogP contribution in [0, 0.1) is 0 Å². The molecule has 2 heterocycles. The highest BCUT2D eigenvalue weighted by molar-refractivity contribution is 6.43. The van der Waals surface area contributed by atoms with Gasteiger partial charge >= 0.3 is 13.1 Å². The molecule has 0 aliphatic carbocycles. The summed E-state index contributed by atoms with van der Waals surface area (Å²) >= 11 is 0. The van der Waals surface area contributed by atoms with E-state index in [1.807, 2.05) is 0 Å². The summed E-state index contributed by atoms with van der Waals surface area (Å²) in [5.74, 6) is -1.05. The van der Waals surface area contributed by atoms with Crippen LogP contribution in [0.1, 0.15) is 39.0 Å². The van der Waals surface area contributed by atoms with Crippen molar-refractivity contribution in [3.63, 3.8) is 0 Å². The highest BCUT2D eigenvalue weighted by atomic mass is 16.5. The molecule has 1 amide bonds. The van der Waals surface area contributed by atoms with Gasteiger partial charge in [-0.05, 0) is 44.2 Å². The Balaban J connectivity index is 1.79. The number of hydrogen-bond acceptors (Lipinski definition) is 6. The van der Waals surface area contributed by atoms with Crippen molar-refractivity contribution < 1.29 is 29.1 Å². The summed E-state index contributed by atoms with van der Waals surface area (Å²) in [6.45, 7) is 8.49. The molecule has 3 N–H and O–H groups in total. The molecule has 0 unspecified atom stereocenters. The average molecular weight is 406 g/mol. The number of amides is 1. The van der Waals surface area contributed by atoms with E-state index in [4.69, 9.17) is 9.39 Å². The van der Waals surface area contributed by atoms with Crippen LogP contribution in [0.5, 0.6) is 0 Å². The minimum atomic E-state index is -1.21. The first-order valence-electron chi connectivity index (χ1n) is 10.2. The molecule has 160 valence electrons. The Kier molecular flexibility index (Phi) is 9.27. The smallest absolute Gasteiger partial charge is 0.522 e. The molecular weight excluding hydrogens is 375 g/mol. The zero-order chi connectivity index (χ0) is 21.2. The average Bonchev–Trinajstić information content (AvgIpc) is 2.66. The van der Waals surface area contributed by atoms with Crippen LogP contribution >= 0.6 is 0 Å². The second-order valence-corrected chi connectivity index (χ2v) is 7.27. The van der Waals surface area contributed by atoms with E-state index in [0.717, 1.165) is 38.6 Å². The zero-order valence-corrected chi connectivity index (χ0v) is 17.1. The normalized spacial score (nSPS) is 17.7. The van der Waals surface area contributed by atoms with Gasteiger partial charge in [0.25, 0.3) is 0 Å². The van der Waals surface area contributed by atoms with Gasteiger partial charge in [0.05, 0.1) is 13.1 Å². The molecule has 0 radical (unpaired) electrons. The number of carboxylic acids is 1. The molecule has 2 aliphatic rings. The Morgan fingerprint density at radius 3 is 2.76 bits per heavy atom. The molecule has 2 aliphatic heterocycles. The van der Waals surface area contributed by atoms with E-state index in [-0.39, 0.29) is 23.3 Å². The number of carboxylic acid groups (broad SMARTS) is 1. The van der Waals surface area contributed by atoms with Crippen molar-refractivity contribution >= 4 is 19.0 Å². The summed E-state index contributed by atoms with van der Waals surface area (Å²) in [4.78, 5) is 25.5. The SMILES string of the molecule is C=CC1=C(/C(=C/OC2CN(C(=O)CCCNCCCC)C2)C(=O)O)OB(O)CC1. The van der Waals surface area contributed by atoms with E-state index in [0.29, 0.717) is 37.8 Å². The second-order valence-electron chi connectivity index (χ2n) is 7.27. The number of carbonyl (C=O) groups excluding carboxylic acids is 1. The second kappa shape index (κ2) is 11.7. The van der Waals surface area contributed by atoms with Crippen molar-refractivity contribution in [2.45, 2.75) is 51.5 Å². The Morgan fingerprint density at radius 2 is 2.10 bits per heavy atom. The lowest BCUT2D eigenvalue weighted by Gasteiger charge is -2.38. The summed E-state index contributed by atoms with van der Waals surface area (Å²) < 4.78 is 10.9. The van der Waals surface area contributed by atoms with Gasteiger partial charge in [-0.3, -0.25) is 4.79 Å². The van der Waals surface area contributed by atoms with Crippen molar-refractivity contribution in [2.24, 2.45) is 0 Å². The first-order chi connectivity index (χ1) is 14.0. The van der Waals surface area contributed by atoms with E-state index < -0.39 is 13.1 Å². The molecule has 0 atom stereocenters. The van der Waals surface area contributed by atoms with Gasteiger partial charge in [0.15, 0.2) is 0 Å². The highest BCUT2D eigenvalue weighted by Crippen LogP contribution is 2.28. The van der Waals surface area contributed by atoms with E-state index >= 15 is 0 Å². The molecule has 0 aromatic carbocycles. The minimum absolute atomic E-state index is 0.0779. The first-order valence-corrected chi connectivity index (χ1v) is 10.2. The van der Waals surface area contributed by atoms with Crippen molar-refractivity contribution in [3.05, 3.63) is 35.8 Å². The highest BCUT2D eigenvalue weighted by Gasteiger charge is 2.33. The number of likely N-dealkylation sites (tertiary alicyclic amines) is 1. The number of rotatable bonds is 12. The van der Waals surface area contributed by atoms with E-state index in [9.17, 15) is 19.7 Å². The zero-order valence-electron chi connectivity index (χ0n) is 17.1. The van der Waals surface area contributed by atoms with Gasteiger partial charge < -0.3 is 29.7 Å². The molecule has 0 aromatic heterocycles. The maximum Gasteiger partial charge on any atom is 0.522 e. The largest absolute Gasteiger partial charge is 0.535 e. The Hall–Kier alpha value is -2.26. The standard InChI is InChI=1S/C20H31BN2O6/c1-3-5-10-22-11-6-7-18(24)23-12-16(13-23)28-14-17(20(25)26)19-15(4-2)8-9-21(27)29-19/h4,14,16,22,27H,2-3,5-13H2,1H3,(H,25,26)/b17-14-. The maximum absolute atomic E-state index is 12.1. The van der Waals surface area contributed by atoms with Crippen LogP contribution in [0.2, 0.25) is 6.32 Å². The third kappa shape index (κ3) is 6.94. The van der Waals surface area contributed by atoms with Crippen molar-refractivity contribution in [3.8, 4) is 0 Å². The van der Waals surface area contributed by atoms with E-state index in [1.54, 1.807) is 4.90 Å². The molecule has 2 rings (SSSR count). The van der Waals surface area contributed by atoms with Crippen LogP contribution in [0.25, 0.3) is 0 Å². The number of nitrogens with one attached hydrogen (secondary N) is 1. The Labute approximate surface area is 172 Å². The molecule has 0 saturated carbocycles. The molecule has 8 nitrogen and oxygen atoms in total. The number of nitrogens with zero attached hydrogens (tertiary/aromatic N) is 1. The summed E-state index contributed by atoms with van der Waals surface area (Å²) in [5, 5.41) is 22.5. The lowest BCUT2D eigenvalue weighted by molar-refractivity contribution is -0.142. The molecule has 29 heavy (non-hydrogen) atoms. The van der Waals surface area contributed by atoms with Gasteiger partial charge in [-0.1, -0.05) is 26.0 Å². The van der Waals surface area contributed by atoms with Crippen LogP contribution in [0.4, 0.5) is 0 Å². The van der Waals surface area contributed by atoms with E-state index in [2.05, 4.69) is 18.8 Å². The Bertz CT molecular complexity index is 657. The third-order valence-electron chi connectivity index (χ3n) is 4.96.